The molecule has 1 fully saturated rings. The maximum absolute atomic E-state index is 12.6. The van der Waals surface area contributed by atoms with E-state index < -0.39 is 0 Å². The molecule has 2 aromatic heterocycles. The summed E-state index contributed by atoms with van der Waals surface area (Å²) in [5, 5.41) is 7.68. The molecule has 3 rings (SSSR count). The van der Waals surface area contributed by atoms with Crippen molar-refractivity contribution in [2.24, 2.45) is 0 Å². The summed E-state index contributed by atoms with van der Waals surface area (Å²) >= 11 is 0. The first-order chi connectivity index (χ1) is 10.5. The Morgan fingerprint density at radius 3 is 2.86 bits per heavy atom. The van der Waals surface area contributed by atoms with E-state index >= 15 is 0 Å². The number of amides is 1. The van der Waals surface area contributed by atoms with Crippen molar-refractivity contribution < 1.29 is 9.32 Å². The zero-order valence-corrected chi connectivity index (χ0v) is 13.5. The lowest BCUT2D eigenvalue weighted by Gasteiger charge is -2.20. The van der Waals surface area contributed by atoms with Crippen molar-refractivity contribution in [2.75, 3.05) is 20.6 Å². The number of rotatable bonds is 5. The number of pyridine rings is 1. The van der Waals surface area contributed by atoms with Crippen molar-refractivity contribution in [1.29, 1.82) is 0 Å². The molecule has 22 heavy (non-hydrogen) atoms. The Morgan fingerprint density at radius 1 is 1.50 bits per heavy atom. The van der Waals surface area contributed by atoms with Gasteiger partial charge in [0.15, 0.2) is 0 Å². The van der Waals surface area contributed by atoms with Gasteiger partial charge in [0.2, 0.25) is 0 Å². The summed E-state index contributed by atoms with van der Waals surface area (Å²) in [6.07, 6.45) is 2.26. The minimum absolute atomic E-state index is 0.0886. The number of carbonyl (C=O) groups is 1. The Bertz CT molecular complexity index is 703. The second kappa shape index (κ2) is 5.68. The van der Waals surface area contributed by atoms with Gasteiger partial charge in [-0.25, -0.2) is 4.98 Å². The fourth-order valence-corrected chi connectivity index (χ4v) is 2.40. The predicted octanol–water partition coefficient (Wildman–Crippen LogP) is 2.09. The Morgan fingerprint density at radius 2 is 2.23 bits per heavy atom. The maximum atomic E-state index is 12.6. The molecule has 1 atom stereocenters. The molecule has 0 radical (unpaired) electrons. The van der Waals surface area contributed by atoms with E-state index in [1.807, 2.05) is 27.1 Å². The number of likely N-dealkylation sites (N-methyl/N-ethyl adjacent to an activating group) is 1. The summed E-state index contributed by atoms with van der Waals surface area (Å²) < 4.78 is 5.27. The number of aryl methyl sites for hydroxylation is 1. The van der Waals surface area contributed by atoms with Crippen molar-refractivity contribution in [2.45, 2.75) is 38.6 Å². The van der Waals surface area contributed by atoms with Gasteiger partial charge in [0.1, 0.15) is 0 Å². The standard InChI is InChI=1S/C16H22N4O2/c1-9(20(3)4)8-17-15(21)12-7-13(11-5-6-11)18-16-14(12)10(2)19-22-16/h7,9,11H,5-6,8H2,1-4H3,(H,17,21)/t9-/m1/s1. The molecule has 6 heteroatoms. The first-order valence-corrected chi connectivity index (χ1v) is 7.69. The van der Waals surface area contributed by atoms with Crippen LogP contribution < -0.4 is 5.32 Å². The summed E-state index contributed by atoms with van der Waals surface area (Å²) in [5.74, 6) is 0.372. The molecule has 0 spiro atoms. The number of hydrogen-bond donors (Lipinski definition) is 1. The lowest BCUT2D eigenvalue weighted by Crippen LogP contribution is -2.38. The molecule has 1 aliphatic carbocycles. The van der Waals surface area contributed by atoms with Gasteiger partial charge in [-0.3, -0.25) is 4.79 Å². The number of carbonyl (C=O) groups excluding carboxylic acids is 1. The molecule has 0 unspecified atom stereocenters. The van der Waals surface area contributed by atoms with Crippen LogP contribution in [-0.4, -0.2) is 47.6 Å². The number of aromatic nitrogens is 2. The van der Waals surface area contributed by atoms with Crippen molar-refractivity contribution in [3.05, 3.63) is 23.0 Å². The van der Waals surface area contributed by atoms with Crippen LogP contribution in [-0.2, 0) is 0 Å². The average molecular weight is 302 g/mol. The number of hydrogen-bond acceptors (Lipinski definition) is 5. The van der Waals surface area contributed by atoms with Gasteiger partial charge in [0, 0.05) is 24.2 Å². The van der Waals surface area contributed by atoms with Gasteiger partial charge in [0.25, 0.3) is 11.6 Å². The molecule has 0 aliphatic heterocycles. The summed E-state index contributed by atoms with van der Waals surface area (Å²) in [7, 11) is 3.99. The van der Waals surface area contributed by atoms with Crippen LogP contribution >= 0.6 is 0 Å². The topological polar surface area (TPSA) is 71.3 Å². The lowest BCUT2D eigenvalue weighted by atomic mass is 10.1. The first-order valence-electron chi connectivity index (χ1n) is 7.69. The Kier molecular flexibility index (Phi) is 3.87. The zero-order chi connectivity index (χ0) is 15.9. The van der Waals surface area contributed by atoms with Crippen LogP contribution in [0.3, 0.4) is 0 Å². The van der Waals surface area contributed by atoms with E-state index in [1.54, 1.807) is 0 Å². The van der Waals surface area contributed by atoms with Crippen molar-refractivity contribution in [3.63, 3.8) is 0 Å². The van der Waals surface area contributed by atoms with Crippen molar-refractivity contribution in [1.82, 2.24) is 20.4 Å². The largest absolute Gasteiger partial charge is 0.350 e. The van der Waals surface area contributed by atoms with E-state index in [-0.39, 0.29) is 11.9 Å². The second-order valence-electron chi connectivity index (χ2n) is 6.34. The fraction of sp³-hybridized carbons (Fsp3) is 0.562. The summed E-state index contributed by atoms with van der Waals surface area (Å²) in [4.78, 5) is 19.2. The quantitative estimate of drug-likeness (QED) is 0.915. The van der Waals surface area contributed by atoms with Gasteiger partial charge < -0.3 is 14.7 Å². The molecule has 0 saturated heterocycles. The second-order valence-corrected chi connectivity index (χ2v) is 6.34. The highest BCUT2D eigenvalue weighted by Gasteiger charge is 2.28. The Labute approximate surface area is 129 Å². The van der Waals surface area contributed by atoms with Gasteiger partial charge in [-0.15, -0.1) is 0 Å². The highest BCUT2D eigenvalue weighted by Crippen LogP contribution is 2.40. The molecule has 1 aliphatic rings. The van der Waals surface area contributed by atoms with Gasteiger partial charge in [-0.1, -0.05) is 5.16 Å². The highest BCUT2D eigenvalue weighted by molar-refractivity contribution is 6.06. The molecule has 2 heterocycles. The van der Waals surface area contributed by atoms with E-state index in [4.69, 9.17) is 4.52 Å². The van der Waals surface area contributed by atoms with Gasteiger partial charge in [-0.2, -0.15) is 0 Å². The van der Waals surface area contributed by atoms with Gasteiger partial charge >= 0.3 is 0 Å². The van der Waals surface area contributed by atoms with Crippen LogP contribution in [0, 0.1) is 6.92 Å². The Balaban J connectivity index is 1.90. The molecular weight excluding hydrogens is 280 g/mol. The lowest BCUT2D eigenvalue weighted by molar-refractivity contribution is 0.0945. The molecule has 6 nitrogen and oxygen atoms in total. The van der Waals surface area contributed by atoms with Crippen LogP contribution in [0.1, 0.15) is 47.4 Å². The third-order valence-corrected chi connectivity index (χ3v) is 4.32. The Hall–Kier alpha value is -1.95. The molecule has 1 amide bonds. The van der Waals surface area contributed by atoms with Crippen molar-refractivity contribution in [3.8, 4) is 0 Å². The number of nitrogens with one attached hydrogen (secondary N) is 1. The minimum Gasteiger partial charge on any atom is -0.350 e. The number of fused-ring (bicyclic) bond motifs is 1. The zero-order valence-electron chi connectivity index (χ0n) is 13.5. The smallest absolute Gasteiger partial charge is 0.259 e. The summed E-state index contributed by atoms with van der Waals surface area (Å²) in [6.45, 7) is 4.50. The van der Waals surface area contributed by atoms with Crippen LogP contribution in [0.2, 0.25) is 0 Å². The van der Waals surface area contributed by atoms with E-state index in [0.717, 1.165) is 23.9 Å². The number of nitrogens with zero attached hydrogens (tertiary/aromatic N) is 3. The SMILES string of the molecule is Cc1noc2nc(C3CC3)cc(C(=O)NC[C@@H](C)N(C)C)c12. The fourth-order valence-electron chi connectivity index (χ4n) is 2.40. The summed E-state index contributed by atoms with van der Waals surface area (Å²) in [5.41, 5.74) is 2.73. The monoisotopic (exact) mass is 302 g/mol. The molecule has 118 valence electrons. The van der Waals surface area contributed by atoms with Crippen LogP contribution in [0.5, 0.6) is 0 Å². The molecule has 0 aromatic carbocycles. The van der Waals surface area contributed by atoms with Gasteiger partial charge in [-0.05, 0) is 46.9 Å². The molecule has 1 N–H and O–H groups in total. The van der Waals surface area contributed by atoms with E-state index in [9.17, 15) is 4.79 Å². The highest BCUT2D eigenvalue weighted by atomic mass is 16.5. The predicted molar refractivity (Wildman–Crippen MR) is 84.0 cm³/mol. The van der Waals surface area contributed by atoms with E-state index in [2.05, 4.69) is 27.3 Å². The molecule has 1 saturated carbocycles. The third-order valence-electron chi connectivity index (χ3n) is 4.32. The third kappa shape index (κ3) is 2.83. The van der Waals surface area contributed by atoms with Crippen LogP contribution in [0.25, 0.3) is 11.1 Å². The van der Waals surface area contributed by atoms with Gasteiger partial charge in [0.05, 0.1) is 16.6 Å². The summed E-state index contributed by atoms with van der Waals surface area (Å²) in [6, 6.07) is 2.17. The van der Waals surface area contributed by atoms with Crippen molar-refractivity contribution >= 4 is 17.0 Å². The average Bonchev–Trinajstić information content (AvgIpc) is 3.28. The molecule has 2 aromatic rings. The van der Waals surface area contributed by atoms with Crippen LogP contribution in [0.15, 0.2) is 10.6 Å². The van der Waals surface area contributed by atoms with E-state index in [1.165, 1.54) is 0 Å². The van der Waals surface area contributed by atoms with E-state index in [0.29, 0.717) is 29.4 Å². The van der Waals surface area contributed by atoms with Crippen LogP contribution in [0.4, 0.5) is 0 Å². The first kappa shape index (κ1) is 15.0. The normalized spacial score (nSPS) is 16.2. The minimum atomic E-state index is -0.0886. The molecule has 0 bridgehead atoms. The maximum Gasteiger partial charge on any atom is 0.259 e. The molecular formula is C16H22N4O2.